The molecule has 0 saturated carbocycles. The van der Waals surface area contributed by atoms with Crippen molar-refractivity contribution in [1.29, 1.82) is 0 Å². The van der Waals surface area contributed by atoms with Crippen LogP contribution in [0.1, 0.15) is 5.69 Å². The van der Waals surface area contributed by atoms with Crippen LogP contribution in [0.25, 0.3) is 10.9 Å². The Morgan fingerprint density at radius 3 is 2.90 bits per heavy atom. The predicted octanol–water partition coefficient (Wildman–Crippen LogP) is 3.21. The van der Waals surface area contributed by atoms with E-state index in [0.29, 0.717) is 12.2 Å². The fraction of sp³-hybridized carbons (Fsp3) is 0.0769. The summed E-state index contributed by atoms with van der Waals surface area (Å²) >= 11 is 1.49. The van der Waals surface area contributed by atoms with Crippen molar-refractivity contribution in [2.75, 3.05) is 5.32 Å². The lowest BCUT2D eigenvalue weighted by atomic mass is 10.1. The number of hydrogen-bond donors (Lipinski definition) is 1. The Bertz CT molecular complexity index is 758. The van der Waals surface area contributed by atoms with Crippen molar-refractivity contribution < 1.29 is 4.92 Å². The number of nitrogens with zero attached hydrogens (tertiary/aromatic N) is 3. The lowest BCUT2D eigenvalue weighted by Gasteiger charge is -2.08. The van der Waals surface area contributed by atoms with Crippen LogP contribution in [0.4, 0.5) is 11.4 Å². The smallest absolute Gasteiger partial charge is 0.311 e. The highest BCUT2D eigenvalue weighted by atomic mass is 32.1. The lowest BCUT2D eigenvalue weighted by Crippen LogP contribution is -2.04. The van der Waals surface area contributed by atoms with Crippen LogP contribution in [0.5, 0.6) is 0 Å². The summed E-state index contributed by atoms with van der Waals surface area (Å²) in [6, 6.07) is 7.33. The second-order valence-corrected chi connectivity index (χ2v) is 4.84. The molecular formula is C13H10N4O2S. The average Bonchev–Trinajstić information content (AvgIpc) is 2.97. The highest BCUT2D eigenvalue weighted by Gasteiger charge is 2.17. The molecule has 0 aliphatic rings. The first-order valence-corrected chi connectivity index (χ1v) is 6.83. The van der Waals surface area contributed by atoms with E-state index in [1.54, 1.807) is 5.51 Å². The van der Waals surface area contributed by atoms with Crippen LogP contribution >= 0.6 is 11.3 Å². The minimum Gasteiger partial charge on any atom is -0.373 e. The van der Waals surface area contributed by atoms with Crippen molar-refractivity contribution in [2.24, 2.45) is 0 Å². The van der Waals surface area contributed by atoms with E-state index in [-0.39, 0.29) is 5.69 Å². The van der Waals surface area contributed by atoms with E-state index < -0.39 is 4.92 Å². The summed E-state index contributed by atoms with van der Waals surface area (Å²) in [6.07, 6.45) is 1.28. The first kappa shape index (κ1) is 12.5. The number of para-hydroxylation sites is 1. The topological polar surface area (TPSA) is 81.0 Å². The van der Waals surface area contributed by atoms with Gasteiger partial charge in [-0.05, 0) is 6.07 Å². The minimum absolute atomic E-state index is 0.0288. The molecule has 0 amide bonds. The summed E-state index contributed by atoms with van der Waals surface area (Å²) in [6.45, 7) is 0.443. The van der Waals surface area contributed by atoms with Crippen LogP contribution in [0.15, 0.2) is 41.4 Å². The maximum Gasteiger partial charge on any atom is 0.311 e. The Kier molecular flexibility index (Phi) is 3.26. The zero-order valence-corrected chi connectivity index (χ0v) is 11.1. The molecule has 2 aromatic heterocycles. The van der Waals surface area contributed by atoms with Gasteiger partial charge in [0.25, 0.3) is 0 Å². The normalized spacial score (nSPS) is 10.6. The molecule has 0 bridgehead atoms. The molecule has 0 aliphatic carbocycles. The van der Waals surface area contributed by atoms with Gasteiger partial charge in [0.05, 0.1) is 28.2 Å². The maximum atomic E-state index is 11.1. The van der Waals surface area contributed by atoms with Crippen molar-refractivity contribution in [3.63, 3.8) is 0 Å². The molecule has 0 spiro atoms. The van der Waals surface area contributed by atoms with Gasteiger partial charge in [-0.2, -0.15) is 0 Å². The molecule has 0 aliphatic heterocycles. The molecule has 0 fully saturated rings. The van der Waals surface area contributed by atoms with E-state index >= 15 is 0 Å². The fourth-order valence-electron chi connectivity index (χ4n) is 1.96. The number of nitro groups is 1. The minimum atomic E-state index is -0.428. The van der Waals surface area contributed by atoms with Gasteiger partial charge in [0.15, 0.2) is 0 Å². The van der Waals surface area contributed by atoms with Crippen molar-refractivity contribution >= 4 is 33.6 Å². The van der Waals surface area contributed by atoms with Gasteiger partial charge in [-0.1, -0.05) is 18.2 Å². The molecule has 0 saturated heterocycles. The van der Waals surface area contributed by atoms with E-state index in [9.17, 15) is 10.1 Å². The number of fused-ring (bicyclic) bond motifs is 1. The summed E-state index contributed by atoms with van der Waals surface area (Å²) in [4.78, 5) is 19.0. The number of anilines is 1. The quantitative estimate of drug-likeness (QED) is 0.588. The number of pyridine rings is 1. The van der Waals surface area contributed by atoms with Gasteiger partial charge < -0.3 is 5.32 Å². The number of benzene rings is 1. The molecule has 6 nitrogen and oxygen atoms in total. The Morgan fingerprint density at radius 2 is 2.15 bits per heavy atom. The highest BCUT2D eigenvalue weighted by molar-refractivity contribution is 7.07. The van der Waals surface area contributed by atoms with E-state index in [1.165, 1.54) is 17.5 Å². The highest BCUT2D eigenvalue weighted by Crippen LogP contribution is 2.31. The van der Waals surface area contributed by atoms with Crippen molar-refractivity contribution in [2.45, 2.75) is 6.54 Å². The number of hydrogen-bond acceptors (Lipinski definition) is 6. The molecule has 0 radical (unpaired) electrons. The second-order valence-electron chi connectivity index (χ2n) is 4.13. The van der Waals surface area contributed by atoms with Crippen LogP contribution in [0.2, 0.25) is 0 Å². The lowest BCUT2D eigenvalue weighted by molar-refractivity contribution is -0.384. The van der Waals surface area contributed by atoms with Crippen LogP contribution in [0, 0.1) is 10.1 Å². The summed E-state index contributed by atoms with van der Waals surface area (Å²) < 4.78 is 0. The molecule has 3 rings (SSSR count). The second kappa shape index (κ2) is 5.22. The standard InChI is InChI=1S/C13H10N4O2S/c18-17(19)12-6-14-11-4-2-1-3-10(11)13(12)15-5-9-7-20-8-16-9/h1-4,6-8H,5H2,(H,14,15). The molecule has 0 unspecified atom stereocenters. The molecule has 0 atom stereocenters. The molecule has 3 aromatic rings. The Balaban J connectivity index is 2.05. The maximum absolute atomic E-state index is 11.1. The van der Waals surface area contributed by atoms with Crippen LogP contribution in [-0.4, -0.2) is 14.9 Å². The van der Waals surface area contributed by atoms with Gasteiger partial charge in [-0.25, -0.2) is 9.97 Å². The summed E-state index contributed by atoms with van der Waals surface area (Å²) in [5.74, 6) is 0. The Labute approximate surface area is 118 Å². The monoisotopic (exact) mass is 286 g/mol. The van der Waals surface area contributed by atoms with Crippen molar-refractivity contribution in [1.82, 2.24) is 9.97 Å². The van der Waals surface area contributed by atoms with Gasteiger partial charge in [0, 0.05) is 10.8 Å². The third-order valence-corrected chi connectivity index (χ3v) is 3.52. The van der Waals surface area contributed by atoms with Crippen molar-refractivity contribution in [3.8, 4) is 0 Å². The van der Waals surface area contributed by atoms with E-state index in [0.717, 1.165) is 16.6 Å². The van der Waals surface area contributed by atoms with Gasteiger partial charge in [0.2, 0.25) is 0 Å². The molecule has 7 heteroatoms. The fourth-order valence-corrected chi connectivity index (χ4v) is 2.52. The third kappa shape index (κ3) is 2.30. The number of thiazole rings is 1. The predicted molar refractivity (Wildman–Crippen MR) is 77.8 cm³/mol. The summed E-state index contributed by atoms with van der Waals surface area (Å²) in [7, 11) is 0. The van der Waals surface area contributed by atoms with Crippen molar-refractivity contribution in [3.05, 3.63) is 57.2 Å². The van der Waals surface area contributed by atoms with E-state index in [1.807, 2.05) is 29.6 Å². The number of nitrogens with one attached hydrogen (secondary N) is 1. The Morgan fingerprint density at radius 1 is 1.30 bits per heavy atom. The van der Waals surface area contributed by atoms with E-state index in [2.05, 4.69) is 15.3 Å². The molecule has 1 N–H and O–H groups in total. The third-order valence-electron chi connectivity index (χ3n) is 2.88. The summed E-state index contributed by atoms with van der Waals surface area (Å²) in [5.41, 5.74) is 3.76. The molecule has 2 heterocycles. The largest absolute Gasteiger partial charge is 0.373 e. The zero-order chi connectivity index (χ0) is 13.9. The SMILES string of the molecule is O=[N+]([O-])c1cnc2ccccc2c1NCc1cscn1. The van der Waals surface area contributed by atoms with Crippen LogP contribution < -0.4 is 5.32 Å². The van der Waals surface area contributed by atoms with Gasteiger partial charge >= 0.3 is 5.69 Å². The molecular weight excluding hydrogens is 276 g/mol. The van der Waals surface area contributed by atoms with Gasteiger partial charge in [0.1, 0.15) is 11.9 Å². The van der Waals surface area contributed by atoms with Gasteiger partial charge in [-0.3, -0.25) is 10.1 Å². The molecule has 20 heavy (non-hydrogen) atoms. The van der Waals surface area contributed by atoms with Gasteiger partial charge in [-0.15, -0.1) is 11.3 Å². The van der Waals surface area contributed by atoms with Crippen LogP contribution in [-0.2, 0) is 6.54 Å². The zero-order valence-electron chi connectivity index (χ0n) is 10.3. The first-order valence-electron chi connectivity index (χ1n) is 5.89. The Hall–Kier alpha value is -2.54. The number of aromatic nitrogens is 2. The number of rotatable bonds is 4. The molecule has 100 valence electrons. The summed E-state index contributed by atoms with van der Waals surface area (Å²) in [5, 5.41) is 16.9. The molecule has 1 aromatic carbocycles. The van der Waals surface area contributed by atoms with Crippen LogP contribution in [0.3, 0.4) is 0 Å². The average molecular weight is 286 g/mol. The first-order chi connectivity index (χ1) is 9.75. The van der Waals surface area contributed by atoms with E-state index in [4.69, 9.17) is 0 Å².